The van der Waals surface area contributed by atoms with Crippen molar-refractivity contribution in [3.63, 3.8) is 0 Å². The number of unbranched alkanes of at least 4 members (excludes halogenated alkanes) is 1. The zero-order valence-electron chi connectivity index (χ0n) is 20.3. The lowest BCUT2D eigenvalue weighted by Crippen LogP contribution is -2.51. The molecule has 3 rings (SSSR count). The van der Waals surface area contributed by atoms with Crippen LogP contribution in [-0.2, 0) is 29.0 Å². The Morgan fingerprint density at radius 2 is 1.57 bits per heavy atom. The highest BCUT2D eigenvalue weighted by molar-refractivity contribution is 6.42. The van der Waals surface area contributed by atoms with Crippen molar-refractivity contribution >= 4 is 35.0 Å². The summed E-state index contributed by atoms with van der Waals surface area (Å²) < 4.78 is 0. The summed E-state index contributed by atoms with van der Waals surface area (Å²) >= 11 is 12.3. The minimum absolute atomic E-state index is 0.121. The maximum Gasteiger partial charge on any atom is 0.243 e. The summed E-state index contributed by atoms with van der Waals surface area (Å²) in [6.07, 6.45) is 2.42. The number of nitrogens with zero attached hydrogens (tertiary/aromatic N) is 1. The molecule has 0 radical (unpaired) electrons. The number of amides is 2. The van der Waals surface area contributed by atoms with Gasteiger partial charge in [0.2, 0.25) is 11.8 Å². The zero-order chi connectivity index (χ0) is 25.2. The second-order valence-electron chi connectivity index (χ2n) is 8.78. The monoisotopic (exact) mass is 510 g/mol. The molecule has 1 atom stereocenters. The van der Waals surface area contributed by atoms with Crippen LogP contribution >= 0.6 is 23.2 Å². The molecule has 3 aromatic carbocycles. The van der Waals surface area contributed by atoms with E-state index in [1.165, 1.54) is 0 Å². The SMILES string of the molecule is CCCCNC(=O)[C@@H](Cc1ccccc1)N(Cc1ccc(C)cc1)C(=O)Cc1ccc(Cl)c(Cl)c1. The summed E-state index contributed by atoms with van der Waals surface area (Å²) in [5.41, 5.74) is 3.86. The summed E-state index contributed by atoms with van der Waals surface area (Å²) in [6.45, 7) is 5.02. The Bertz CT molecular complexity index is 1120. The molecule has 0 heterocycles. The summed E-state index contributed by atoms with van der Waals surface area (Å²) in [4.78, 5) is 28.8. The van der Waals surface area contributed by atoms with Crippen molar-refractivity contribution < 1.29 is 9.59 Å². The van der Waals surface area contributed by atoms with E-state index in [4.69, 9.17) is 23.2 Å². The molecular formula is C29H32Cl2N2O2. The standard InChI is InChI=1S/C29H32Cl2N2O2/c1-3-4-16-32-29(35)27(18-22-8-6-5-7-9-22)33(20-23-12-10-21(2)11-13-23)28(34)19-24-14-15-25(30)26(31)17-24/h5-15,17,27H,3-4,16,18-20H2,1-2H3,(H,32,35)/t27-/m1/s1. The number of hydrogen-bond donors (Lipinski definition) is 1. The van der Waals surface area contributed by atoms with E-state index in [-0.39, 0.29) is 18.2 Å². The molecule has 6 heteroatoms. The van der Waals surface area contributed by atoms with Crippen LogP contribution in [0.1, 0.15) is 42.0 Å². The van der Waals surface area contributed by atoms with Crippen molar-refractivity contribution in [2.45, 2.75) is 52.1 Å². The molecule has 0 saturated heterocycles. The average molecular weight is 511 g/mol. The Morgan fingerprint density at radius 3 is 2.23 bits per heavy atom. The molecule has 3 aromatic rings. The number of hydrogen-bond acceptors (Lipinski definition) is 2. The Morgan fingerprint density at radius 1 is 0.886 bits per heavy atom. The van der Waals surface area contributed by atoms with Crippen molar-refractivity contribution in [3.05, 3.63) is 105 Å². The van der Waals surface area contributed by atoms with Crippen LogP contribution in [0.25, 0.3) is 0 Å². The van der Waals surface area contributed by atoms with E-state index < -0.39 is 6.04 Å². The molecule has 0 aliphatic carbocycles. The first-order chi connectivity index (χ1) is 16.9. The molecule has 0 spiro atoms. The molecule has 0 aliphatic heterocycles. The highest BCUT2D eigenvalue weighted by Gasteiger charge is 2.30. The lowest BCUT2D eigenvalue weighted by molar-refractivity contribution is -0.140. The molecule has 0 bridgehead atoms. The van der Waals surface area contributed by atoms with Crippen molar-refractivity contribution in [2.24, 2.45) is 0 Å². The number of rotatable bonds is 11. The molecule has 0 saturated carbocycles. The van der Waals surface area contributed by atoms with Crippen LogP contribution in [0.2, 0.25) is 10.0 Å². The quantitative estimate of drug-likeness (QED) is 0.303. The molecule has 0 aromatic heterocycles. The Balaban J connectivity index is 1.94. The van der Waals surface area contributed by atoms with E-state index in [9.17, 15) is 9.59 Å². The summed E-state index contributed by atoms with van der Waals surface area (Å²) in [6, 6.07) is 22.4. The van der Waals surface area contributed by atoms with Gasteiger partial charge in [-0.25, -0.2) is 0 Å². The van der Waals surface area contributed by atoms with Gasteiger partial charge in [-0.1, -0.05) is 103 Å². The van der Waals surface area contributed by atoms with Crippen LogP contribution in [0, 0.1) is 6.92 Å². The lowest BCUT2D eigenvalue weighted by Gasteiger charge is -2.32. The fourth-order valence-electron chi connectivity index (χ4n) is 3.88. The second kappa shape index (κ2) is 13.3. The molecule has 184 valence electrons. The van der Waals surface area contributed by atoms with Gasteiger partial charge in [0, 0.05) is 19.5 Å². The molecular weight excluding hydrogens is 479 g/mol. The van der Waals surface area contributed by atoms with Crippen molar-refractivity contribution in [1.29, 1.82) is 0 Å². The first-order valence-electron chi connectivity index (χ1n) is 12.0. The van der Waals surface area contributed by atoms with E-state index in [2.05, 4.69) is 12.2 Å². The van der Waals surface area contributed by atoms with Gasteiger partial charge in [-0.15, -0.1) is 0 Å². The van der Waals surface area contributed by atoms with Gasteiger partial charge in [0.25, 0.3) is 0 Å². The third-order valence-corrected chi connectivity index (χ3v) is 6.65. The van der Waals surface area contributed by atoms with Crippen LogP contribution in [0.3, 0.4) is 0 Å². The van der Waals surface area contributed by atoms with Crippen LogP contribution in [0.5, 0.6) is 0 Å². The fraction of sp³-hybridized carbons (Fsp3) is 0.310. The van der Waals surface area contributed by atoms with Crippen molar-refractivity contribution in [2.75, 3.05) is 6.54 Å². The van der Waals surface area contributed by atoms with E-state index in [0.717, 1.165) is 35.1 Å². The number of carbonyl (C=O) groups is 2. The van der Waals surface area contributed by atoms with Gasteiger partial charge in [-0.3, -0.25) is 9.59 Å². The molecule has 0 unspecified atom stereocenters. The number of aryl methyl sites for hydroxylation is 1. The van der Waals surface area contributed by atoms with Gasteiger partial charge in [-0.2, -0.15) is 0 Å². The van der Waals surface area contributed by atoms with Crippen LogP contribution in [-0.4, -0.2) is 29.3 Å². The predicted molar refractivity (Wildman–Crippen MR) is 144 cm³/mol. The third kappa shape index (κ3) is 8.12. The molecule has 4 nitrogen and oxygen atoms in total. The predicted octanol–water partition coefficient (Wildman–Crippen LogP) is 6.40. The third-order valence-electron chi connectivity index (χ3n) is 5.91. The highest BCUT2D eigenvalue weighted by atomic mass is 35.5. The molecule has 0 fully saturated rings. The smallest absolute Gasteiger partial charge is 0.243 e. The second-order valence-corrected chi connectivity index (χ2v) is 9.60. The summed E-state index contributed by atoms with van der Waals surface area (Å²) in [5.74, 6) is -0.285. The maximum atomic E-state index is 13.7. The maximum absolute atomic E-state index is 13.7. The lowest BCUT2D eigenvalue weighted by atomic mass is 10.0. The summed E-state index contributed by atoms with van der Waals surface area (Å²) in [7, 11) is 0. The number of benzene rings is 3. The summed E-state index contributed by atoms with van der Waals surface area (Å²) in [5, 5.41) is 3.89. The number of halogens is 2. The van der Waals surface area contributed by atoms with E-state index in [1.807, 2.05) is 61.5 Å². The van der Waals surface area contributed by atoms with Gasteiger partial charge in [0.15, 0.2) is 0 Å². The first kappa shape index (κ1) is 26.8. The number of carbonyl (C=O) groups excluding carboxylic acids is 2. The molecule has 35 heavy (non-hydrogen) atoms. The number of nitrogens with one attached hydrogen (secondary N) is 1. The molecule has 0 aliphatic rings. The van der Waals surface area contributed by atoms with Crippen LogP contribution < -0.4 is 5.32 Å². The Kier molecular flexibility index (Phi) is 10.2. The minimum Gasteiger partial charge on any atom is -0.354 e. The zero-order valence-corrected chi connectivity index (χ0v) is 21.8. The van der Waals surface area contributed by atoms with E-state index in [1.54, 1.807) is 23.1 Å². The van der Waals surface area contributed by atoms with E-state index in [0.29, 0.717) is 29.6 Å². The minimum atomic E-state index is -0.647. The Hall–Kier alpha value is -2.82. The largest absolute Gasteiger partial charge is 0.354 e. The van der Waals surface area contributed by atoms with Crippen LogP contribution in [0.15, 0.2) is 72.8 Å². The topological polar surface area (TPSA) is 49.4 Å². The normalized spacial score (nSPS) is 11.7. The first-order valence-corrected chi connectivity index (χ1v) is 12.7. The average Bonchev–Trinajstić information content (AvgIpc) is 2.85. The Labute approximate surface area is 218 Å². The molecule has 2 amide bonds. The van der Waals surface area contributed by atoms with Gasteiger partial charge in [0.1, 0.15) is 6.04 Å². The fourth-order valence-corrected chi connectivity index (χ4v) is 4.20. The van der Waals surface area contributed by atoms with Gasteiger partial charge < -0.3 is 10.2 Å². The van der Waals surface area contributed by atoms with Gasteiger partial charge in [-0.05, 0) is 42.2 Å². The van der Waals surface area contributed by atoms with Gasteiger partial charge >= 0.3 is 0 Å². The molecule has 1 N–H and O–H groups in total. The van der Waals surface area contributed by atoms with Crippen LogP contribution in [0.4, 0.5) is 0 Å². The van der Waals surface area contributed by atoms with Gasteiger partial charge in [0.05, 0.1) is 16.5 Å². The highest BCUT2D eigenvalue weighted by Crippen LogP contribution is 2.24. The van der Waals surface area contributed by atoms with Crippen molar-refractivity contribution in [3.8, 4) is 0 Å². The van der Waals surface area contributed by atoms with E-state index >= 15 is 0 Å². The van der Waals surface area contributed by atoms with Crippen molar-refractivity contribution in [1.82, 2.24) is 10.2 Å².